The van der Waals surface area contributed by atoms with Gasteiger partial charge in [-0.1, -0.05) is 37.3 Å². The molecule has 0 aliphatic carbocycles. The normalized spacial score (nSPS) is 11.0. The standard InChI is InChI=1S/C17H16N2O2/c1-3-12-5-7-13(8-6-12)15-16(17(20)21)19-10-11(2)4-9-14(19)18-15/h4-10H,3H2,1-2H3,(H,20,21). The molecule has 1 N–H and O–H groups in total. The van der Waals surface area contributed by atoms with Crippen LogP contribution in [0.25, 0.3) is 16.9 Å². The Morgan fingerprint density at radius 1 is 1.19 bits per heavy atom. The fourth-order valence-electron chi connectivity index (χ4n) is 2.45. The van der Waals surface area contributed by atoms with Gasteiger partial charge in [-0.15, -0.1) is 0 Å². The number of fused-ring (bicyclic) bond motifs is 1. The molecular formula is C17H16N2O2. The van der Waals surface area contributed by atoms with E-state index in [9.17, 15) is 9.90 Å². The predicted octanol–water partition coefficient (Wildman–Crippen LogP) is 3.57. The molecule has 2 heterocycles. The Bertz CT molecular complexity index is 817. The van der Waals surface area contributed by atoms with Crippen LogP contribution in [0.3, 0.4) is 0 Å². The van der Waals surface area contributed by atoms with Gasteiger partial charge < -0.3 is 5.11 Å². The van der Waals surface area contributed by atoms with Gasteiger partial charge in [0.2, 0.25) is 0 Å². The molecule has 1 aromatic carbocycles. The third-order valence-corrected chi connectivity index (χ3v) is 3.60. The zero-order valence-electron chi connectivity index (χ0n) is 12.0. The van der Waals surface area contributed by atoms with Gasteiger partial charge in [0.05, 0.1) is 0 Å². The van der Waals surface area contributed by atoms with Gasteiger partial charge in [0.15, 0.2) is 5.69 Å². The third-order valence-electron chi connectivity index (χ3n) is 3.60. The number of pyridine rings is 1. The van der Waals surface area contributed by atoms with Crippen molar-refractivity contribution in [3.05, 3.63) is 59.4 Å². The molecule has 0 fully saturated rings. The van der Waals surface area contributed by atoms with Crippen molar-refractivity contribution >= 4 is 11.6 Å². The molecule has 4 heteroatoms. The van der Waals surface area contributed by atoms with Crippen LogP contribution in [-0.2, 0) is 6.42 Å². The summed E-state index contributed by atoms with van der Waals surface area (Å²) in [5, 5.41) is 9.54. The van der Waals surface area contributed by atoms with E-state index in [1.54, 1.807) is 10.6 Å². The van der Waals surface area contributed by atoms with Gasteiger partial charge in [-0.3, -0.25) is 4.40 Å². The Kier molecular flexibility index (Phi) is 3.22. The Morgan fingerprint density at radius 2 is 1.90 bits per heavy atom. The van der Waals surface area contributed by atoms with Gasteiger partial charge in [-0.25, -0.2) is 9.78 Å². The molecule has 0 bridgehead atoms. The lowest BCUT2D eigenvalue weighted by Crippen LogP contribution is -2.03. The number of imidazole rings is 1. The molecule has 0 unspecified atom stereocenters. The first-order chi connectivity index (χ1) is 10.1. The molecular weight excluding hydrogens is 264 g/mol. The third kappa shape index (κ3) is 2.29. The van der Waals surface area contributed by atoms with E-state index in [4.69, 9.17) is 0 Å². The van der Waals surface area contributed by atoms with Crippen LogP contribution in [0.15, 0.2) is 42.6 Å². The van der Waals surface area contributed by atoms with Crippen molar-refractivity contribution in [3.8, 4) is 11.3 Å². The second-order valence-corrected chi connectivity index (χ2v) is 5.10. The number of aromatic carboxylic acids is 1. The quantitative estimate of drug-likeness (QED) is 0.798. The molecule has 0 spiro atoms. The minimum atomic E-state index is -0.970. The fraction of sp³-hybridized carbons (Fsp3) is 0.176. The SMILES string of the molecule is CCc1ccc(-c2nc3ccc(C)cn3c2C(=O)O)cc1. The lowest BCUT2D eigenvalue weighted by Gasteiger charge is -2.02. The second kappa shape index (κ2) is 5.05. The molecule has 3 rings (SSSR count). The first kappa shape index (κ1) is 13.4. The van der Waals surface area contributed by atoms with Crippen LogP contribution in [0.2, 0.25) is 0 Å². The van der Waals surface area contributed by atoms with Crippen LogP contribution in [-0.4, -0.2) is 20.5 Å². The van der Waals surface area contributed by atoms with E-state index in [1.807, 2.05) is 43.3 Å². The minimum Gasteiger partial charge on any atom is -0.476 e. The van der Waals surface area contributed by atoms with Gasteiger partial charge in [-0.2, -0.15) is 0 Å². The Labute approximate surface area is 122 Å². The highest BCUT2D eigenvalue weighted by atomic mass is 16.4. The molecule has 0 aliphatic heterocycles. The summed E-state index contributed by atoms with van der Waals surface area (Å²) >= 11 is 0. The largest absolute Gasteiger partial charge is 0.476 e. The summed E-state index contributed by atoms with van der Waals surface area (Å²) in [5.41, 5.74) is 4.40. The number of benzene rings is 1. The summed E-state index contributed by atoms with van der Waals surface area (Å²) in [7, 11) is 0. The van der Waals surface area contributed by atoms with Crippen LogP contribution in [0.5, 0.6) is 0 Å². The minimum absolute atomic E-state index is 0.206. The van der Waals surface area contributed by atoms with E-state index in [1.165, 1.54) is 5.56 Å². The average molecular weight is 280 g/mol. The van der Waals surface area contributed by atoms with E-state index in [-0.39, 0.29) is 5.69 Å². The van der Waals surface area contributed by atoms with E-state index < -0.39 is 5.97 Å². The predicted molar refractivity (Wildman–Crippen MR) is 81.7 cm³/mol. The highest BCUT2D eigenvalue weighted by molar-refractivity contribution is 5.94. The maximum atomic E-state index is 11.6. The zero-order valence-corrected chi connectivity index (χ0v) is 12.0. The number of rotatable bonds is 3. The number of aromatic nitrogens is 2. The fourth-order valence-corrected chi connectivity index (χ4v) is 2.45. The Hall–Kier alpha value is -2.62. The molecule has 4 nitrogen and oxygen atoms in total. The molecule has 0 saturated heterocycles. The maximum absolute atomic E-state index is 11.6. The number of carbonyl (C=O) groups is 1. The topological polar surface area (TPSA) is 54.6 Å². The summed E-state index contributed by atoms with van der Waals surface area (Å²) in [6, 6.07) is 11.6. The molecule has 0 amide bonds. The van der Waals surface area contributed by atoms with Crippen LogP contribution in [0, 0.1) is 6.92 Å². The van der Waals surface area contributed by atoms with Crippen molar-refractivity contribution in [2.45, 2.75) is 20.3 Å². The number of aryl methyl sites for hydroxylation is 2. The molecule has 0 radical (unpaired) electrons. The first-order valence-electron chi connectivity index (χ1n) is 6.91. The van der Waals surface area contributed by atoms with Crippen molar-refractivity contribution in [3.63, 3.8) is 0 Å². The molecule has 0 aliphatic rings. The van der Waals surface area contributed by atoms with Crippen LogP contribution in [0.1, 0.15) is 28.5 Å². The van der Waals surface area contributed by atoms with Crippen molar-refractivity contribution in [2.24, 2.45) is 0 Å². The van der Waals surface area contributed by atoms with Crippen LogP contribution < -0.4 is 0 Å². The van der Waals surface area contributed by atoms with E-state index in [2.05, 4.69) is 11.9 Å². The second-order valence-electron chi connectivity index (χ2n) is 5.10. The van der Waals surface area contributed by atoms with Gasteiger partial charge in [0.25, 0.3) is 0 Å². The van der Waals surface area contributed by atoms with Crippen LogP contribution in [0.4, 0.5) is 0 Å². The van der Waals surface area contributed by atoms with E-state index >= 15 is 0 Å². The van der Waals surface area contributed by atoms with Crippen molar-refractivity contribution in [1.29, 1.82) is 0 Å². The maximum Gasteiger partial charge on any atom is 0.355 e. The molecule has 0 saturated carbocycles. The lowest BCUT2D eigenvalue weighted by atomic mass is 10.1. The van der Waals surface area contributed by atoms with Crippen LogP contribution >= 0.6 is 0 Å². The summed E-state index contributed by atoms with van der Waals surface area (Å²) in [6.07, 6.45) is 2.76. The molecule has 2 aromatic heterocycles. The number of carboxylic acids is 1. The number of nitrogens with zero attached hydrogens (tertiary/aromatic N) is 2. The summed E-state index contributed by atoms with van der Waals surface area (Å²) < 4.78 is 1.64. The molecule has 106 valence electrons. The Balaban J connectivity index is 2.25. The summed E-state index contributed by atoms with van der Waals surface area (Å²) in [5.74, 6) is -0.970. The number of hydrogen-bond donors (Lipinski definition) is 1. The lowest BCUT2D eigenvalue weighted by molar-refractivity contribution is 0.0690. The van der Waals surface area contributed by atoms with E-state index in [0.29, 0.717) is 11.3 Å². The van der Waals surface area contributed by atoms with Gasteiger partial charge in [0.1, 0.15) is 11.3 Å². The zero-order chi connectivity index (χ0) is 15.0. The summed E-state index contributed by atoms with van der Waals surface area (Å²) in [6.45, 7) is 4.02. The highest BCUT2D eigenvalue weighted by Crippen LogP contribution is 2.25. The molecule has 3 aromatic rings. The van der Waals surface area contributed by atoms with Crippen molar-refractivity contribution < 1.29 is 9.90 Å². The summed E-state index contributed by atoms with van der Waals surface area (Å²) in [4.78, 5) is 16.1. The first-order valence-corrected chi connectivity index (χ1v) is 6.91. The average Bonchev–Trinajstić information content (AvgIpc) is 2.86. The van der Waals surface area contributed by atoms with Crippen molar-refractivity contribution in [1.82, 2.24) is 9.38 Å². The smallest absolute Gasteiger partial charge is 0.355 e. The monoisotopic (exact) mass is 280 g/mol. The van der Waals surface area contributed by atoms with Crippen molar-refractivity contribution in [2.75, 3.05) is 0 Å². The van der Waals surface area contributed by atoms with E-state index in [0.717, 1.165) is 17.5 Å². The molecule has 0 atom stereocenters. The van der Waals surface area contributed by atoms with Gasteiger partial charge in [0, 0.05) is 11.8 Å². The van der Waals surface area contributed by atoms with Gasteiger partial charge in [-0.05, 0) is 30.5 Å². The Morgan fingerprint density at radius 3 is 2.52 bits per heavy atom. The highest BCUT2D eigenvalue weighted by Gasteiger charge is 2.19. The van der Waals surface area contributed by atoms with Gasteiger partial charge >= 0.3 is 5.97 Å². The molecule has 21 heavy (non-hydrogen) atoms. The number of carboxylic acid groups (broad SMARTS) is 1. The number of hydrogen-bond acceptors (Lipinski definition) is 2.